The fourth-order valence-electron chi connectivity index (χ4n) is 4.47. The SMILES string of the molecule is CNC1CCC2(CCCC2)C(C2CC2)C1. The van der Waals surface area contributed by atoms with Crippen LogP contribution in [0, 0.1) is 17.3 Å². The molecule has 3 fully saturated rings. The Hall–Kier alpha value is -0.0400. The van der Waals surface area contributed by atoms with E-state index in [9.17, 15) is 0 Å². The van der Waals surface area contributed by atoms with Gasteiger partial charge in [-0.2, -0.15) is 0 Å². The van der Waals surface area contributed by atoms with Gasteiger partial charge in [-0.1, -0.05) is 12.8 Å². The first-order valence-electron chi connectivity index (χ1n) is 7.01. The van der Waals surface area contributed by atoms with E-state index < -0.39 is 0 Å². The highest BCUT2D eigenvalue weighted by Gasteiger charge is 2.50. The molecule has 0 heterocycles. The molecule has 3 rings (SSSR count). The normalized spacial score (nSPS) is 39.8. The Labute approximate surface area is 94.0 Å². The van der Waals surface area contributed by atoms with Crippen LogP contribution in [0.1, 0.15) is 57.8 Å². The summed E-state index contributed by atoms with van der Waals surface area (Å²) < 4.78 is 0. The molecule has 1 N–H and O–H groups in total. The van der Waals surface area contributed by atoms with Crippen molar-refractivity contribution in [3.05, 3.63) is 0 Å². The van der Waals surface area contributed by atoms with Crippen molar-refractivity contribution in [2.75, 3.05) is 7.05 Å². The third-order valence-corrected chi connectivity index (χ3v) is 5.51. The number of hydrogen-bond acceptors (Lipinski definition) is 1. The minimum absolute atomic E-state index is 0.814. The molecule has 3 aliphatic rings. The molecule has 3 aliphatic carbocycles. The summed E-state index contributed by atoms with van der Waals surface area (Å²) in [7, 11) is 2.15. The van der Waals surface area contributed by atoms with Crippen LogP contribution in [0.4, 0.5) is 0 Å². The summed E-state index contributed by atoms with van der Waals surface area (Å²) in [6.45, 7) is 0. The topological polar surface area (TPSA) is 12.0 Å². The van der Waals surface area contributed by atoms with Gasteiger partial charge in [0.05, 0.1) is 0 Å². The van der Waals surface area contributed by atoms with E-state index in [1.165, 1.54) is 32.1 Å². The quantitative estimate of drug-likeness (QED) is 0.732. The Morgan fingerprint density at radius 3 is 2.33 bits per heavy atom. The lowest BCUT2D eigenvalue weighted by molar-refractivity contribution is 0.0658. The molecule has 2 atom stereocenters. The minimum Gasteiger partial charge on any atom is -0.317 e. The van der Waals surface area contributed by atoms with Gasteiger partial charge >= 0.3 is 0 Å². The molecular formula is C14H25N. The van der Waals surface area contributed by atoms with Crippen molar-refractivity contribution in [2.24, 2.45) is 17.3 Å². The molecule has 0 aromatic rings. The highest BCUT2D eigenvalue weighted by atomic mass is 14.9. The van der Waals surface area contributed by atoms with E-state index >= 15 is 0 Å². The second-order valence-corrected chi connectivity index (χ2v) is 6.27. The molecule has 1 spiro atoms. The van der Waals surface area contributed by atoms with Gasteiger partial charge in [0.1, 0.15) is 0 Å². The van der Waals surface area contributed by atoms with E-state index in [1.54, 1.807) is 25.7 Å². The van der Waals surface area contributed by atoms with Gasteiger partial charge in [-0.3, -0.25) is 0 Å². The van der Waals surface area contributed by atoms with Crippen LogP contribution in [0.3, 0.4) is 0 Å². The van der Waals surface area contributed by atoms with Crippen molar-refractivity contribution in [1.82, 2.24) is 5.32 Å². The van der Waals surface area contributed by atoms with E-state index in [0.29, 0.717) is 0 Å². The summed E-state index contributed by atoms with van der Waals surface area (Å²) in [6.07, 6.45) is 13.7. The second-order valence-electron chi connectivity index (χ2n) is 6.27. The Morgan fingerprint density at radius 2 is 1.73 bits per heavy atom. The second kappa shape index (κ2) is 3.76. The van der Waals surface area contributed by atoms with Crippen LogP contribution < -0.4 is 5.32 Å². The van der Waals surface area contributed by atoms with Crippen molar-refractivity contribution in [3.8, 4) is 0 Å². The Balaban J connectivity index is 1.76. The van der Waals surface area contributed by atoms with Crippen LogP contribution in [0.25, 0.3) is 0 Å². The molecule has 0 bridgehead atoms. The fourth-order valence-corrected chi connectivity index (χ4v) is 4.47. The smallest absolute Gasteiger partial charge is 0.00672 e. The van der Waals surface area contributed by atoms with Gasteiger partial charge in [0.15, 0.2) is 0 Å². The molecule has 0 amide bonds. The van der Waals surface area contributed by atoms with Gasteiger partial charge < -0.3 is 5.32 Å². The monoisotopic (exact) mass is 207 g/mol. The van der Waals surface area contributed by atoms with Crippen LogP contribution in [-0.2, 0) is 0 Å². The highest BCUT2D eigenvalue weighted by Crippen LogP contribution is 2.59. The van der Waals surface area contributed by atoms with Gasteiger partial charge in [-0.05, 0) is 69.2 Å². The van der Waals surface area contributed by atoms with Crippen molar-refractivity contribution in [1.29, 1.82) is 0 Å². The highest BCUT2D eigenvalue weighted by molar-refractivity contribution is 5.01. The summed E-state index contributed by atoms with van der Waals surface area (Å²) in [4.78, 5) is 0. The van der Waals surface area contributed by atoms with Gasteiger partial charge in [0, 0.05) is 6.04 Å². The maximum absolute atomic E-state index is 3.52. The van der Waals surface area contributed by atoms with Crippen molar-refractivity contribution >= 4 is 0 Å². The van der Waals surface area contributed by atoms with Crippen LogP contribution in [0.15, 0.2) is 0 Å². The lowest BCUT2D eigenvalue weighted by atomic mass is 9.62. The predicted octanol–water partition coefficient (Wildman–Crippen LogP) is 3.34. The average Bonchev–Trinajstić information content (AvgIpc) is 3.01. The average molecular weight is 207 g/mol. The van der Waals surface area contributed by atoms with E-state index in [2.05, 4.69) is 12.4 Å². The van der Waals surface area contributed by atoms with E-state index in [4.69, 9.17) is 0 Å². The van der Waals surface area contributed by atoms with Crippen molar-refractivity contribution < 1.29 is 0 Å². The largest absolute Gasteiger partial charge is 0.317 e. The zero-order valence-electron chi connectivity index (χ0n) is 10.1. The molecule has 0 aromatic heterocycles. The number of hydrogen-bond donors (Lipinski definition) is 1. The van der Waals surface area contributed by atoms with Crippen molar-refractivity contribution in [2.45, 2.75) is 63.8 Å². The zero-order valence-corrected chi connectivity index (χ0v) is 10.1. The van der Waals surface area contributed by atoms with E-state index in [1.807, 2.05) is 0 Å². The summed E-state index contributed by atoms with van der Waals surface area (Å²) in [5.74, 6) is 2.21. The van der Waals surface area contributed by atoms with Crippen LogP contribution in [0.5, 0.6) is 0 Å². The lowest BCUT2D eigenvalue weighted by Crippen LogP contribution is -2.42. The molecule has 2 unspecified atom stereocenters. The summed E-state index contributed by atoms with van der Waals surface area (Å²) in [5.41, 5.74) is 0.814. The molecule has 0 aromatic carbocycles. The van der Waals surface area contributed by atoms with Gasteiger partial charge in [-0.25, -0.2) is 0 Å². The summed E-state index contributed by atoms with van der Waals surface area (Å²) in [5, 5.41) is 3.52. The molecule has 0 aliphatic heterocycles. The maximum Gasteiger partial charge on any atom is 0.00672 e. The molecule has 3 saturated carbocycles. The van der Waals surface area contributed by atoms with E-state index in [-0.39, 0.29) is 0 Å². The Morgan fingerprint density at radius 1 is 1.00 bits per heavy atom. The first kappa shape index (κ1) is 10.1. The molecular weight excluding hydrogens is 182 g/mol. The van der Waals surface area contributed by atoms with Gasteiger partial charge in [0.25, 0.3) is 0 Å². The molecule has 0 radical (unpaired) electrons. The lowest BCUT2D eigenvalue weighted by Gasteiger charge is -2.45. The number of rotatable bonds is 2. The Kier molecular flexibility index (Phi) is 2.54. The zero-order chi connectivity index (χ0) is 10.3. The molecule has 1 heteroatoms. The maximum atomic E-state index is 3.52. The van der Waals surface area contributed by atoms with E-state index in [0.717, 1.165) is 23.3 Å². The first-order chi connectivity index (χ1) is 7.34. The minimum atomic E-state index is 0.814. The predicted molar refractivity (Wildman–Crippen MR) is 63.8 cm³/mol. The van der Waals surface area contributed by atoms with Gasteiger partial charge in [0.2, 0.25) is 0 Å². The molecule has 86 valence electrons. The number of nitrogens with one attached hydrogen (secondary N) is 1. The molecule has 1 nitrogen and oxygen atoms in total. The van der Waals surface area contributed by atoms with Gasteiger partial charge in [-0.15, -0.1) is 0 Å². The standard InChI is InChI=1S/C14H25N/c1-15-12-6-9-14(7-2-3-8-14)13(10-12)11-4-5-11/h11-13,15H,2-10H2,1H3. The van der Waals surface area contributed by atoms with Crippen LogP contribution in [0.2, 0.25) is 0 Å². The fraction of sp³-hybridized carbons (Fsp3) is 1.00. The first-order valence-corrected chi connectivity index (χ1v) is 7.01. The van der Waals surface area contributed by atoms with Crippen molar-refractivity contribution in [3.63, 3.8) is 0 Å². The van der Waals surface area contributed by atoms with Crippen LogP contribution in [-0.4, -0.2) is 13.1 Å². The third kappa shape index (κ3) is 1.73. The Bertz CT molecular complexity index is 225. The van der Waals surface area contributed by atoms with Crippen LogP contribution >= 0.6 is 0 Å². The third-order valence-electron chi connectivity index (χ3n) is 5.51. The molecule has 0 saturated heterocycles. The summed E-state index contributed by atoms with van der Waals surface area (Å²) in [6, 6.07) is 0.835. The molecule has 15 heavy (non-hydrogen) atoms. The summed E-state index contributed by atoms with van der Waals surface area (Å²) >= 11 is 0.